The Morgan fingerprint density at radius 2 is 1.84 bits per heavy atom. The molecule has 0 rings (SSSR count). The largest absolute Gasteiger partial charge is 0.353 e. The van der Waals surface area contributed by atoms with Gasteiger partial charge in [0.15, 0.2) is 9.84 Å². The fourth-order valence-corrected chi connectivity index (χ4v) is 2.81. The number of allylic oxidation sites excluding steroid dienone is 1. The Morgan fingerprint density at radius 3 is 2.37 bits per heavy atom. The molecule has 0 aliphatic heterocycles. The van der Waals surface area contributed by atoms with Gasteiger partial charge in [0.1, 0.15) is 5.75 Å². The third-order valence-electron chi connectivity index (χ3n) is 2.76. The summed E-state index contributed by atoms with van der Waals surface area (Å²) >= 11 is 0. The van der Waals surface area contributed by atoms with Gasteiger partial charge in [-0.05, 0) is 26.2 Å². The van der Waals surface area contributed by atoms with Gasteiger partial charge in [0, 0.05) is 6.04 Å². The van der Waals surface area contributed by atoms with Crippen LogP contribution in [-0.2, 0) is 14.6 Å². The Bertz CT molecular complexity index is 385. The number of rotatable bonds is 9. The average Bonchev–Trinajstić information content (AvgIpc) is 2.24. The van der Waals surface area contributed by atoms with Crippen molar-refractivity contribution in [3.63, 3.8) is 0 Å². The lowest BCUT2D eigenvalue weighted by atomic mass is 10.0. The Balaban J connectivity index is 4.03. The van der Waals surface area contributed by atoms with Gasteiger partial charge < -0.3 is 5.32 Å². The van der Waals surface area contributed by atoms with Crippen LogP contribution in [0.5, 0.6) is 0 Å². The zero-order valence-corrected chi connectivity index (χ0v) is 13.3. The highest BCUT2D eigenvalue weighted by Crippen LogP contribution is 2.08. The number of hydrogen-bond donors (Lipinski definition) is 1. The maximum atomic E-state index is 11.6. The minimum absolute atomic E-state index is 0.0307. The zero-order valence-electron chi connectivity index (χ0n) is 12.5. The minimum atomic E-state index is -3.32. The third kappa shape index (κ3) is 10.7. The Labute approximate surface area is 117 Å². The summed E-state index contributed by atoms with van der Waals surface area (Å²) in [5, 5.41) is 2.74. The first-order chi connectivity index (χ1) is 8.76. The second-order valence-electron chi connectivity index (χ2n) is 5.42. The average molecular weight is 289 g/mol. The summed E-state index contributed by atoms with van der Waals surface area (Å²) in [6.07, 6.45) is 6.28. The van der Waals surface area contributed by atoms with E-state index in [4.69, 9.17) is 0 Å². The van der Waals surface area contributed by atoms with Crippen molar-refractivity contribution in [3.05, 3.63) is 12.2 Å². The normalized spacial score (nSPS) is 13.9. The van der Waals surface area contributed by atoms with Crippen LogP contribution in [0.4, 0.5) is 0 Å². The molecule has 0 heterocycles. The SMILES string of the molecule is CC=CCS(=O)(=O)CC(=O)NC(C)CCCC(C)C. The van der Waals surface area contributed by atoms with E-state index in [2.05, 4.69) is 19.2 Å². The van der Waals surface area contributed by atoms with Crippen LogP contribution in [0.1, 0.15) is 47.0 Å². The van der Waals surface area contributed by atoms with Gasteiger partial charge in [0.05, 0.1) is 5.75 Å². The van der Waals surface area contributed by atoms with Crippen molar-refractivity contribution in [2.45, 2.75) is 53.0 Å². The number of sulfone groups is 1. The summed E-state index contributed by atoms with van der Waals surface area (Å²) in [5.74, 6) is -0.240. The highest BCUT2D eigenvalue weighted by atomic mass is 32.2. The standard InChI is InChI=1S/C14H27NO3S/c1-5-6-10-19(17,18)11-14(16)15-13(4)9-7-8-12(2)3/h5-6,12-13H,7-11H2,1-4H3,(H,15,16). The molecular weight excluding hydrogens is 262 g/mol. The van der Waals surface area contributed by atoms with E-state index in [1.165, 1.54) is 0 Å². The molecule has 0 aromatic rings. The molecule has 1 atom stereocenters. The second kappa shape index (κ2) is 9.13. The Hall–Kier alpha value is -0.840. The summed E-state index contributed by atoms with van der Waals surface area (Å²) in [7, 11) is -3.32. The second-order valence-corrected chi connectivity index (χ2v) is 7.53. The van der Waals surface area contributed by atoms with E-state index in [-0.39, 0.29) is 11.8 Å². The van der Waals surface area contributed by atoms with E-state index >= 15 is 0 Å². The summed E-state index contributed by atoms with van der Waals surface area (Å²) in [5.41, 5.74) is 0. The summed E-state index contributed by atoms with van der Waals surface area (Å²) in [6, 6.07) is 0.0307. The van der Waals surface area contributed by atoms with Crippen LogP contribution in [0.15, 0.2) is 12.2 Å². The van der Waals surface area contributed by atoms with Crippen LogP contribution >= 0.6 is 0 Å². The van der Waals surface area contributed by atoms with Gasteiger partial charge in [-0.2, -0.15) is 0 Å². The molecule has 0 aromatic carbocycles. The third-order valence-corrected chi connectivity index (χ3v) is 4.17. The minimum Gasteiger partial charge on any atom is -0.353 e. The fraction of sp³-hybridized carbons (Fsp3) is 0.786. The molecule has 0 aliphatic carbocycles. The number of carbonyl (C=O) groups is 1. The molecule has 0 aromatic heterocycles. The lowest BCUT2D eigenvalue weighted by molar-refractivity contribution is -0.119. The molecular formula is C14H27NO3S. The van der Waals surface area contributed by atoms with Crippen LogP contribution in [0.3, 0.4) is 0 Å². The van der Waals surface area contributed by atoms with Crippen molar-refractivity contribution in [1.82, 2.24) is 5.32 Å². The zero-order chi connectivity index (χ0) is 14.9. The predicted octanol–water partition coefficient (Wildman–Crippen LogP) is 2.31. The molecule has 4 nitrogen and oxygen atoms in total. The number of hydrogen-bond acceptors (Lipinski definition) is 3. The van der Waals surface area contributed by atoms with Crippen LogP contribution in [0.25, 0.3) is 0 Å². The molecule has 1 unspecified atom stereocenters. The van der Waals surface area contributed by atoms with Gasteiger partial charge in [0.2, 0.25) is 5.91 Å². The molecule has 0 saturated heterocycles. The van der Waals surface area contributed by atoms with Crippen LogP contribution < -0.4 is 5.32 Å². The molecule has 0 fully saturated rings. The number of nitrogens with one attached hydrogen (secondary N) is 1. The van der Waals surface area contributed by atoms with E-state index in [1.54, 1.807) is 19.1 Å². The summed E-state index contributed by atoms with van der Waals surface area (Å²) in [6.45, 7) is 8.00. The Morgan fingerprint density at radius 1 is 1.21 bits per heavy atom. The van der Waals surface area contributed by atoms with Crippen LogP contribution in [0, 0.1) is 5.92 Å². The molecule has 0 spiro atoms. The summed E-state index contributed by atoms with van der Waals surface area (Å²) in [4.78, 5) is 11.6. The van der Waals surface area contributed by atoms with Crippen LogP contribution in [-0.4, -0.2) is 31.9 Å². The first-order valence-corrected chi connectivity index (χ1v) is 8.70. The molecule has 112 valence electrons. The van der Waals surface area contributed by atoms with Gasteiger partial charge >= 0.3 is 0 Å². The number of carbonyl (C=O) groups excluding carboxylic acids is 1. The molecule has 5 heteroatoms. The van der Waals surface area contributed by atoms with Crippen molar-refractivity contribution < 1.29 is 13.2 Å². The fourth-order valence-electron chi connectivity index (χ4n) is 1.72. The molecule has 1 N–H and O–H groups in total. The van der Waals surface area contributed by atoms with Gasteiger partial charge in [-0.3, -0.25) is 4.79 Å². The van der Waals surface area contributed by atoms with E-state index in [0.29, 0.717) is 5.92 Å². The molecule has 19 heavy (non-hydrogen) atoms. The first-order valence-electron chi connectivity index (χ1n) is 6.87. The van der Waals surface area contributed by atoms with Gasteiger partial charge in [-0.15, -0.1) is 0 Å². The van der Waals surface area contributed by atoms with E-state index in [9.17, 15) is 13.2 Å². The Kier molecular flexibility index (Phi) is 8.72. The maximum Gasteiger partial charge on any atom is 0.235 e. The molecule has 0 aliphatic rings. The van der Waals surface area contributed by atoms with E-state index in [0.717, 1.165) is 19.3 Å². The summed E-state index contributed by atoms with van der Waals surface area (Å²) < 4.78 is 23.1. The van der Waals surface area contributed by atoms with Gasteiger partial charge in [0.25, 0.3) is 0 Å². The lowest BCUT2D eigenvalue weighted by Gasteiger charge is -2.14. The van der Waals surface area contributed by atoms with Crippen molar-refractivity contribution >= 4 is 15.7 Å². The lowest BCUT2D eigenvalue weighted by Crippen LogP contribution is -2.37. The monoisotopic (exact) mass is 289 g/mol. The van der Waals surface area contributed by atoms with E-state index < -0.39 is 21.5 Å². The van der Waals surface area contributed by atoms with E-state index in [1.807, 2.05) is 6.92 Å². The molecule has 1 amide bonds. The quantitative estimate of drug-likeness (QED) is 0.662. The van der Waals surface area contributed by atoms with Gasteiger partial charge in [-0.1, -0.05) is 38.8 Å². The van der Waals surface area contributed by atoms with Crippen molar-refractivity contribution in [2.75, 3.05) is 11.5 Å². The van der Waals surface area contributed by atoms with Crippen LogP contribution in [0.2, 0.25) is 0 Å². The first kappa shape index (κ1) is 18.2. The predicted molar refractivity (Wildman–Crippen MR) is 79.8 cm³/mol. The van der Waals surface area contributed by atoms with Crippen molar-refractivity contribution in [3.8, 4) is 0 Å². The number of amides is 1. The highest BCUT2D eigenvalue weighted by Gasteiger charge is 2.16. The highest BCUT2D eigenvalue weighted by molar-refractivity contribution is 7.92. The molecule has 0 bridgehead atoms. The molecule has 0 saturated carbocycles. The maximum absolute atomic E-state index is 11.6. The van der Waals surface area contributed by atoms with Crippen molar-refractivity contribution in [2.24, 2.45) is 5.92 Å². The smallest absolute Gasteiger partial charge is 0.235 e. The molecule has 0 radical (unpaired) electrons. The van der Waals surface area contributed by atoms with Gasteiger partial charge in [-0.25, -0.2) is 8.42 Å². The topological polar surface area (TPSA) is 63.2 Å². The van der Waals surface area contributed by atoms with Crippen molar-refractivity contribution in [1.29, 1.82) is 0 Å².